The number of aromatic nitrogens is 4. The zero-order chi connectivity index (χ0) is 28.2. The highest BCUT2D eigenvalue weighted by molar-refractivity contribution is 7.92. The number of aromatic hydroxyl groups is 2. The van der Waals surface area contributed by atoms with Crippen molar-refractivity contribution in [3.8, 4) is 17.2 Å². The topological polar surface area (TPSA) is 152 Å². The summed E-state index contributed by atoms with van der Waals surface area (Å²) >= 11 is 0. The third-order valence-corrected chi connectivity index (χ3v) is 7.01. The van der Waals surface area contributed by atoms with Crippen molar-refractivity contribution in [2.45, 2.75) is 13.0 Å². The Kier molecular flexibility index (Phi) is 7.93. The molecule has 1 aliphatic heterocycles. The first-order valence-corrected chi connectivity index (χ1v) is 12.9. The van der Waals surface area contributed by atoms with E-state index in [0.29, 0.717) is 0 Å². The number of ether oxygens (including phenoxy) is 2. The van der Waals surface area contributed by atoms with E-state index >= 15 is 0 Å². The molecule has 0 spiro atoms. The minimum atomic E-state index is -4.31. The second kappa shape index (κ2) is 11.3. The van der Waals surface area contributed by atoms with Crippen LogP contribution in [0.15, 0.2) is 71.3 Å². The summed E-state index contributed by atoms with van der Waals surface area (Å²) in [7, 11) is -1.61. The summed E-state index contributed by atoms with van der Waals surface area (Å²) in [6, 6.07) is 6.46. The number of hydrogen-bond donors (Lipinski definition) is 2. The second-order valence-corrected chi connectivity index (χ2v) is 9.79. The Labute approximate surface area is 223 Å². The molecule has 14 heteroatoms. The third kappa shape index (κ3) is 5.59. The lowest BCUT2D eigenvalue weighted by Gasteiger charge is -2.23. The quantitative estimate of drug-likeness (QED) is 0.380. The lowest BCUT2D eigenvalue weighted by atomic mass is 10.2. The summed E-state index contributed by atoms with van der Waals surface area (Å²) in [6.45, 7) is 1.59. The molecule has 39 heavy (non-hydrogen) atoms. The summed E-state index contributed by atoms with van der Waals surface area (Å²) in [5.41, 5.74) is 5.49. The second-order valence-electron chi connectivity index (χ2n) is 7.90. The predicted octanol–water partition coefficient (Wildman–Crippen LogP) is 2.98. The third-order valence-electron chi connectivity index (χ3n) is 5.40. The number of sulfonamides is 1. The van der Waals surface area contributed by atoms with Gasteiger partial charge in [-0.05, 0) is 36.9 Å². The number of aliphatic imine (C=N–C) groups is 1. The molecular weight excluding hydrogens is 531 g/mol. The average Bonchev–Trinajstić information content (AvgIpc) is 3.34. The van der Waals surface area contributed by atoms with Gasteiger partial charge >= 0.3 is 0 Å². The van der Waals surface area contributed by atoms with E-state index in [-0.39, 0.29) is 34.7 Å². The molecule has 1 atom stereocenters. The van der Waals surface area contributed by atoms with E-state index in [1.165, 1.54) is 56.8 Å². The van der Waals surface area contributed by atoms with Crippen LogP contribution in [0.25, 0.3) is 11.4 Å². The summed E-state index contributed by atoms with van der Waals surface area (Å²) in [5, 5.41) is 29.5. The monoisotopic (exact) mass is 554 g/mol. The fourth-order valence-electron chi connectivity index (χ4n) is 3.62. The van der Waals surface area contributed by atoms with Gasteiger partial charge in [0.25, 0.3) is 0 Å². The number of para-hydroxylation sites is 1. The highest BCUT2D eigenvalue weighted by Gasteiger charge is 2.33. The van der Waals surface area contributed by atoms with Crippen LogP contribution in [0.1, 0.15) is 24.5 Å². The van der Waals surface area contributed by atoms with Crippen molar-refractivity contribution in [1.82, 2.24) is 19.7 Å². The molecule has 0 radical (unpaired) electrons. The van der Waals surface area contributed by atoms with Gasteiger partial charge in [0.2, 0.25) is 21.9 Å². The fraction of sp³-hybridized carbons (Fsp3) is 0.200. The Bertz CT molecular complexity index is 1630. The van der Waals surface area contributed by atoms with Gasteiger partial charge in [0.1, 0.15) is 34.9 Å². The molecule has 3 aromatic rings. The molecule has 0 aliphatic carbocycles. The summed E-state index contributed by atoms with van der Waals surface area (Å²) in [4.78, 5) is 8.19. The first kappa shape index (κ1) is 27.3. The van der Waals surface area contributed by atoms with Gasteiger partial charge in [-0.2, -0.15) is 0 Å². The minimum Gasteiger partial charge on any atom is -0.506 e. The Morgan fingerprint density at radius 3 is 2.54 bits per heavy atom. The smallest absolute Gasteiger partial charge is 0.250 e. The van der Waals surface area contributed by atoms with Crippen LogP contribution < -0.4 is 4.31 Å². The standard InChI is InChI=1S/C25H23FN6O6S/c1-4-13-31(39(35,36)15-21(37-2)17-12-11-16(26)14-27-17)25-30-29-24(18-7-5-10-22(28-18)38-3)32(25)23-19(33)8-6-9-20(23)34/h4,6,8-14,21,33-34H,15H2,1-3H3/b13-4+/t21-/m0/s1. The SMILES string of the molecule is C/C=C/N(c1nnc(C2=C=C=CC(OC)=N2)n1-c1c(O)cccc1O)S(=O)(=O)C[C@H](OC)c1ccc(F)cn1. The zero-order valence-corrected chi connectivity index (χ0v) is 21.8. The highest BCUT2D eigenvalue weighted by atomic mass is 32.2. The summed E-state index contributed by atoms with van der Waals surface area (Å²) in [5.74, 6) is -2.24. The maximum atomic E-state index is 13.8. The number of nitrogens with zero attached hydrogens (tertiary/aromatic N) is 6. The molecule has 0 bridgehead atoms. The Morgan fingerprint density at radius 2 is 1.92 bits per heavy atom. The molecular formula is C25H23FN6O6S. The number of benzene rings is 1. The van der Waals surface area contributed by atoms with Gasteiger partial charge in [0.15, 0.2) is 11.5 Å². The molecule has 1 aliphatic rings. The van der Waals surface area contributed by atoms with E-state index in [9.17, 15) is 23.0 Å². The number of rotatable bonds is 9. The molecule has 202 valence electrons. The lowest BCUT2D eigenvalue weighted by Crippen LogP contribution is -2.33. The van der Waals surface area contributed by atoms with Gasteiger partial charge in [-0.15, -0.1) is 10.2 Å². The van der Waals surface area contributed by atoms with Crippen LogP contribution in [-0.4, -0.2) is 64.2 Å². The number of hydrogen-bond acceptors (Lipinski definition) is 10. The minimum absolute atomic E-state index is 0.0406. The van der Waals surface area contributed by atoms with Crippen LogP contribution in [0.3, 0.4) is 0 Å². The number of phenols is 2. The van der Waals surface area contributed by atoms with Crippen LogP contribution in [0.5, 0.6) is 11.5 Å². The van der Waals surface area contributed by atoms with Crippen LogP contribution in [0.2, 0.25) is 0 Å². The first-order valence-electron chi connectivity index (χ1n) is 11.3. The van der Waals surface area contributed by atoms with Crippen molar-refractivity contribution in [3.05, 3.63) is 83.7 Å². The number of anilines is 1. The first-order chi connectivity index (χ1) is 18.7. The lowest BCUT2D eigenvalue weighted by molar-refractivity contribution is 0.118. The maximum Gasteiger partial charge on any atom is 0.250 e. The largest absolute Gasteiger partial charge is 0.506 e. The van der Waals surface area contributed by atoms with Crippen molar-refractivity contribution in [1.29, 1.82) is 0 Å². The van der Waals surface area contributed by atoms with Crippen LogP contribution in [0.4, 0.5) is 10.3 Å². The van der Waals surface area contributed by atoms with E-state index in [2.05, 4.69) is 31.6 Å². The fourth-order valence-corrected chi connectivity index (χ4v) is 5.14. The summed E-state index contributed by atoms with van der Waals surface area (Å²) < 4.78 is 53.4. The number of methoxy groups -OCH3 is 2. The molecule has 2 aromatic heterocycles. The van der Waals surface area contributed by atoms with E-state index < -0.39 is 39.2 Å². The van der Waals surface area contributed by atoms with Gasteiger partial charge in [0.05, 0.1) is 25.1 Å². The predicted molar refractivity (Wildman–Crippen MR) is 139 cm³/mol. The molecule has 1 aromatic carbocycles. The number of phenolic OH excluding ortho intramolecular Hbond substituents is 2. The Hall–Kier alpha value is -4.74. The molecule has 0 saturated carbocycles. The Balaban J connectivity index is 1.90. The van der Waals surface area contributed by atoms with Gasteiger partial charge in [-0.25, -0.2) is 22.1 Å². The number of pyridine rings is 1. The van der Waals surface area contributed by atoms with Crippen molar-refractivity contribution >= 4 is 27.6 Å². The molecule has 3 heterocycles. The molecule has 4 rings (SSSR count). The van der Waals surface area contributed by atoms with Gasteiger partial charge in [-0.1, -0.05) is 17.9 Å². The molecule has 0 amide bonds. The van der Waals surface area contributed by atoms with E-state index in [0.717, 1.165) is 21.1 Å². The summed E-state index contributed by atoms with van der Waals surface area (Å²) in [6.07, 6.45) is 3.98. The normalized spacial score (nSPS) is 13.8. The zero-order valence-electron chi connectivity index (χ0n) is 21.0. The highest BCUT2D eigenvalue weighted by Crippen LogP contribution is 2.37. The molecule has 0 fully saturated rings. The van der Waals surface area contributed by atoms with Crippen molar-refractivity contribution in [2.24, 2.45) is 4.99 Å². The van der Waals surface area contributed by atoms with Gasteiger partial charge in [-0.3, -0.25) is 9.55 Å². The molecule has 12 nitrogen and oxygen atoms in total. The average molecular weight is 555 g/mol. The molecule has 0 unspecified atom stereocenters. The van der Waals surface area contributed by atoms with Gasteiger partial charge < -0.3 is 19.7 Å². The van der Waals surface area contributed by atoms with Crippen molar-refractivity contribution in [2.75, 3.05) is 24.3 Å². The van der Waals surface area contributed by atoms with Crippen LogP contribution >= 0.6 is 0 Å². The maximum absolute atomic E-state index is 13.8. The van der Waals surface area contributed by atoms with Crippen LogP contribution in [0, 0.1) is 5.82 Å². The number of allylic oxidation sites excluding steroid dienone is 1. The van der Waals surface area contributed by atoms with Crippen molar-refractivity contribution in [3.63, 3.8) is 0 Å². The van der Waals surface area contributed by atoms with E-state index in [1.807, 2.05) is 0 Å². The van der Waals surface area contributed by atoms with E-state index in [4.69, 9.17) is 9.47 Å². The molecule has 2 N–H and O–H groups in total. The molecule has 0 saturated heterocycles. The van der Waals surface area contributed by atoms with Crippen LogP contribution in [-0.2, 0) is 19.5 Å². The Morgan fingerprint density at radius 1 is 1.18 bits per heavy atom. The van der Waals surface area contributed by atoms with Gasteiger partial charge in [0, 0.05) is 13.3 Å². The number of halogens is 1. The van der Waals surface area contributed by atoms with Crippen molar-refractivity contribution < 1.29 is 32.5 Å². The van der Waals surface area contributed by atoms with E-state index in [1.54, 1.807) is 6.92 Å².